The lowest BCUT2D eigenvalue weighted by Gasteiger charge is -2.08. The second-order valence-corrected chi connectivity index (χ2v) is 6.63. The van der Waals surface area contributed by atoms with Crippen molar-refractivity contribution in [1.82, 2.24) is 15.0 Å². The molecule has 1 aromatic carbocycles. The van der Waals surface area contributed by atoms with Gasteiger partial charge in [0.15, 0.2) is 6.61 Å². The van der Waals surface area contributed by atoms with Gasteiger partial charge in [-0.2, -0.15) is 0 Å². The summed E-state index contributed by atoms with van der Waals surface area (Å²) in [5.74, 6) is -0.662. The van der Waals surface area contributed by atoms with Crippen molar-refractivity contribution in [3.05, 3.63) is 51.0 Å². The topological polar surface area (TPSA) is 94.2 Å². The number of carbonyl (C=O) groups is 2. The number of hydrogen-bond donors (Lipinski definition) is 1. The van der Waals surface area contributed by atoms with Gasteiger partial charge in [0.2, 0.25) is 11.7 Å². The molecule has 0 aliphatic heterocycles. The molecule has 0 amide bonds. The summed E-state index contributed by atoms with van der Waals surface area (Å²) in [4.78, 5) is 35.5. The summed E-state index contributed by atoms with van der Waals surface area (Å²) in [6, 6.07) is 3.18. The van der Waals surface area contributed by atoms with Gasteiger partial charge in [-0.15, -0.1) is 0 Å². The van der Waals surface area contributed by atoms with Gasteiger partial charge in [-0.3, -0.25) is 4.79 Å². The molecule has 2 aromatic heterocycles. The van der Waals surface area contributed by atoms with Gasteiger partial charge in [0.25, 0.3) is 0 Å². The first-order chi connectivity index (χ1) is 12.8. The van der Waals surface area contributed by atoms with Crippen molar-refractivity contribution in [3.63, 3.8) is 0 Å². The monoisotopic (exact) mass is 407 g/mol. The minimum Gasteiger partial charge on any atom is -0.469 e. The number of Topliss-reactive ketones (excluding diaryl/α,β-unsaturated/α-hetero) is 1. The van der Waals surface area contributed by atoms with Gasteiger partial charge >= 0.3 is 5.97 Å². The number of fused-ring (bicyclic) bond motifs is 1. The van der Waals surface area contributed by atoms with Crippen LogP contribution in [0, 0.1) is 13.8 Å². The molecule has 0 saturated heterocycles. The summed E-state index contributed by atoms with van der Waals surface area (Å²) >= 11 is 12.2. The number of ether oxygens (including phenoxy) is 2. The molecule has 3 rings (SSSR count). The van der Waals surface area contributed by atoms with Gasteiger partial charge in [-0.1, -0.05) is 23.2 Å². The Bertz CT molecular complexity index is 1060. The lowest BCUT2D eigenvalue weighted by atomic mass is 10.1. The summed E-state index contributed by atoms with van der Waals surface area (Å²) in [5.41, 5.74) is 2.15. The van der Waals surface area contributed by atoms with E-state index < -0.39 is 5.97 Å². The molecule has 0 radical (unpaired) electrons. The minimum absolute atomic E-state index is 0.187. The predicted octanol–water partition coefficient (Wildman–Crippen LogP) is 3.93. The van der Waals surface area contributed by atoms with Gasteiger partial charge in [0.1, 0.15) is 6.33 Å². The van der Waals surface area contributed by atoms with E-state index in [0.29, 0.717) is 37.8 Å². The van der Waals surface area contributed by atoms with Crippen LogP contribution in [0.2, 0.25) is 10.0 Å². The fourth-order valence-electron chi connectivity index (χ4n) is 2.83. The van der Waals surface area contributed by atoms with Gasteiger partial charge < -0.3 is 14.5 Å². The first-order valence-electron chi connectivity index (χ1n) is 7.86. The average Bonchev–Trinajstić information content (AvgIpc) is 2.93. The zero-order valence-corrected chi connectivity index (χ0v) is 16.2. The van der Waals surface area contributed by atoms with E-state index in [9.17, 15) is 9.59 Å². The van der Waals surface area contributed by atoms with Crippen molar-refractivity contribution >= 4 is 45.9 Å². The zero-order chi connectivity index (χ0) is 19.7. The van der Waals surface area contributed by atoms with Crippen molar-refractivity contribution < 1.29 is 19.1 Å². The number of carbonyl (C=O) groups excluding carboxylic acids is 2. The number of methoxy groups -OCH3 is 1. The third kappa shape index (κ3) is 3.61. The van der Waals surface area contributed by atoms with Crippen LogP contribution in [0.3, 0.4) is 0 Å². The minimum atomic E-state index is -0.507. The van der Waals surface area contributed by atoms with Crippen molar-refractivity contribution in [3.8, 4) is 5.88 Å². The van der Waals surface area contributed by atoms with Crippen LogP contribution in [0.4, 0.5) is 0 Å². The number of aromatic nitrogens is 3. The highest BCUT2D eigenvalue weighted by molar-refractivity contribution is 6.38. The Morgan fingerprint density at radius 2 is 1.93 bits per heavy atom. The van der Waals surface area contributed by atoms with Gasteiger partial charge in [-0.25, -0.2) is 14.8 Å². The van der Waals surface area contributed by atoms with Gasteiger partial charge in [-0.05, 0) is 31.5 Å². The van der Waals surface area contributed by atoms with E-state index >= 15 is 0 Å². The number of esters is 1. The van der Waals surface area contributed by atoms with E-state index in [1.807, 2.05) is 0 Å². The maximum Gasteiger partial charge on any atom is 0.339 e. The van der Waals surface area contributed by atoms with Crippen LogP contribution in [-0.4, -0.2) is 40.4 Å². The molecule has 1 N–H and O–H groups in total. The van der Waals surface area contributed by atoms with Crippen molar-refractivity contribution in [1.29, 1.82) is 0 Å². The number of aryl methyl sites for hydroxylation is 1. The smallest absolute Gasteiger partial charge is 0.339 e. The molecule has 0 aliphatic carbocycles. The number of nitrogens with zero attached hydrogens (tertiary/aromatic N) is 2. The largest absolute Gasteiger partial charge is 0.469 e. The fourth-order valence-corrected chi connectivity index (χ4v) is 3.37. The predicted molar refractivity (Wildman–Crippen MR) is 101 cm³/mol. The van der Waals surface area contributed by atoms with E-state index in [-0.39, 0.29) is 24.0 Å². The van der Waals surface area contributed by atoms with E-state index in [1.54, 1.807) is 26.0 Å². The standard InChI is InChI=1S/C18H15Cl2N3O4/c1-8-14(18(25)26-3)9(2)23-15(8)13(24)6-27-17-11-4-10(19)5-12(20)16(11)21-7-22-17/h4-5,7,23H,6H2,1-3H3. The average molecular weight is 408 g/mol. The molecule has 0 aliphatic rings. The molecular formula is C18H15Cl2N3O4. The second kappa shape index (κ2) is 7.54. The van der Waals surface area contributed by atoms with Crippen LogP contribution < -0.4 is 4.74 Å². The van der Waals surface area contributed by atoms with Crippen LogP contribution in [0.25, 0.3) is 10.9 Å². The lowest BCUT2D eigenvalue weighted by Crippen LogP contribution is -2.14. The van der Waals surface area contributed by atoms with Gasteiger partial charge in [0.05, 0.1) is 34.3 Å². The van der Waals surface area contributed by atoms with Crippen LogP contribution in [0.5, 0.6) is 5.88 Å². The molecular weight excluding hydrogens is 393 g/mol. The maximum atomic E-state index is 12.6. The SMILES string of the molecule is COC(=O)c1c(C)[nH]c(C(=O)COc2ncnc3c(Cl)cc(Cl)cc23)c1C. The Morgan fingerprint density at radius 3 is 2.63 bits per heavy atom. The van der Waals surface area contributed by atoms with Crippen LogP contribution >= 0.6 is 23.2 Å². The van der Waals surface area contributed by atoms with Gasteiger partial charge in [0, 0.05) is 10.7 Å². The van der Waals surface area contributed by atoms with Crippen LogP contribution in [-0.2, 0) is 4.74 Å². The number of H-pyrrole nitrogens is 1. The highest BCUT2D eigenvalue weighted by atomic mass is 35.5. The van der Waals surface area contributed by atoms with Crippen LogP contribution in [0.15, 0.2) is 18.5 Å². The molecule has 0 atom stereocenters. The van der Waals surface area contributed by atoms with E-state index in [2.05, 4.69) is 15.0 Å². The number of rotatable bonds is 5. The summed E-state index contributed by atoms with van der Waals surface area (Å²) in [6.07, 6.45) is 1.29. The summed E-state index contributed by atoms with van der Waals surface area (Å²) in [5, 5.41) is 1.25. The second-order valence-electron chi connectivity index (χ2n) is 5.79. The van der Waals surface area contributed by atoms with E-state index in [1.165, 1.54) is 13.4 Å². The normalized spacial score (nSPS) is 10.9. The molecule has 140 valence electrons. The number of ketones is 1. The highest BCUT2D eigenvalue weighted by Gasteiger charge is 2.23. The number of aromatic amines is 1. The Balaban J connectivity index is 1.87. The zero-order valence-electron chi connectivity index (χ0n) is 14.7. The molecule has 3 aromatic rings. The van der Waals surface area contributed by atoms with Crippen molar-refractivity contribution in [2.45, 2.75) is 13.8 Å². The first kappa shape index (κ1) is 19.1. The number of nitrogens with one attached hydrogen (secondary N) is 1. The molecule has 0 spiro atoms. The molecule has 0 saturated carbocycles. The molecule has 0 unspecified atom stereocenters. The Labute approximate surface area is 164 Å². The van der Waals surface area contributed by atoms with Crippen molar-refractivity contribution in [2.75, 3.05) is 13.7 Å². The molecule has 9 heteroatoms. The molecule has 27 heavy (non-hydrogen) atoms. The Kier molecular flexibility index (Phi) is 5.34. The lowest BCUT2D eigenvalue weighted by molar-refractivity contribution is 0.0599. The van der Waals surface area contributed by atoms with E-state index in [0.717, 1.165) is 0 Å². The molecule has 0 bridgehead atoms. The third-order valence-electron chi connectivity index (χ3n) is 4.07. The number of hydrogen-bond acceptors (Lipinski definition) is 6. The van der Waals surface area contributed by atoms with Crippen LogP contribution in [0.1, 0.15) is 32.1 Å². The molecule has 2 heterocycles. The van der Waals surface area contributed by atoms with E-state index in [4.69, 9.17) is 32.7 Å². The summed E-state index contributed by atoms with van der Waals surface area (Å²) in [6.45, 7) is 3.07. The number of halogens is 2. The van der Waals surface area contributed by atoms with Crippen molar-refractivity contribution in [2.24, 2.45) is 0 Å². The number of benzene rings is 1. The molecule has 0 fully saturated rings. The first-order valence-corrected chi connectivity index (χ1v) is 8.62. The highest BCUT2D eigenvalue weighted by Crippen LogP contribution is 2.31. The Morgan fingerprint density at radius 1 is 1.19 bits per heavy atom. The summed E-state index contributed by atoms with van der Waals surface area (Å²) < 4.78 is 10.3. The summed E-state index contributed by atoms with van der Waals surface area (Å²) in [7, 11) is 1.29. The Hall–Kier alpha value is -2.64. The quantitative estimate of drug-likeness (QED) is 0.508. The maximum absolute atomic E-state index is 12.6. The fraction of sp³-hybridized carbons (Fsp3) is 0.222. The third-order valence-corrected chi connectivity index (χ3v) is 4.57. The molecule has 7 nitrogen and oxygen atoms in total.